The minimum Gasteiger partial charge on any atom is -0.462 e. The Hall–Kier alpha value is -2.76. The van der Waals surface area contributed by atoms with Crippen molar-refractivity contribution >= 4 is 11.9 Å². The zero-order valence-corrected chi connectivity index (χ0v) is 15.9. The molecule has 0 aliphatic carbocycles. The summed E-state index contributed by atoms with van der Waals surface area (Å²) in [5.41, 5.74) is 0.296. The molecule has 0 spiro atoms. The Morgan fingerprint density at radius 3 is 2.11 bits per heavy atom. The highest BCUT2D eigenvalue weighted by Gasteiger charge is 2.14. The van der Waals surface area contributed by atoms with Crippen molar-refractivity contribution in [3.8, 4) is 5.75 Å². The lowest BCUT2D eigenvalue weighted by Crippen LogP contribution is -2.11. The van der Waals surface area contributed by atoms with Gasteiger partial charge in [-0.2, -0.15) is 0 Å². The van der Waals surface area contributed by atoms with Crippen molar-refractivity contribution in [2.24, 2.45) is 0 Å². The van der Waals surface area contributed by atoms with Crippen molar-refractivity contribution in [2.75, 3.05) is 6.61 Å². The van der Waals surface area contributed by atoms with Gasteiger partial charge in [0.15, 0.2) is 0 Å². The Morgan fingerprint density at radius 2 is 1.43 bits per heavy atom. The molecule has 0 heterocycles. The molecule has 0 N–H and O–H groups in total. The number of halogens is 2. The Balaban J connectivity index is 1.88. The van der Waals surface area contributed by atoms with E-state index >= 15 is 0 Å². The van der Waals surface area contributed by atoms with Crippen molar-refractivity contribution in [2.45, 2.75) is 45.4 Å². The van der Waals surface area contributed by atoms with Crippen molar-refractivity contribution in [3.05, 3.63) is 65.2 Å². The smallest absolute Gasteiger partial charge is 0.343 e. The van der Waals surface area contributed by atoms with Gasteiger partial charge in [-0.1, -0.05) is 45.1 Å². The Labute approximate surface area is 163 Å². The predicted octanol–water partition coefficient (Wildman–Crippen LogP) is 5.70. The van der Waals surface area contributed by atoms with Crippen LogP contribution in [-0.2, 0) is 4.74 Å². The minimum absolute atomic E-state index is 0.0821. The zero-order chi connectivity index (χ0) is 20.4. The van der Waals surface area contributed by atoms with Gasteiger partial charge in [-0.3, -0.25) is 0 Å². The molecule has 6 heteroatoms. The Morgan fingerprint density at radius 1 is 0.821 bits per heavy atom. The van der Waals surface area contributed by atoms with Crippen LogP contribution >= 0.6 is 0 Å². The van der Waals surface area contributed by atoms with E-state index in [9.17, 15) is 18.4 Å². The number of esters is 2. The monoisotopic (exact) mass is 390 g/mol. The molecular formula is C22H24F2O4. The summed E-state index contributed by atoms with van der Waals surface area (Å²) in [6.07, 6.45) is 6.50. The number of benzene rings is 2. The summed E-state index contributed by atoms with van der Waals surface area (Å²) in [4.78, 5) is 24.3. The number of unbranched alkanes of at least 4 members (excludes halogenated alkanes) is 5. The summed E-state index contributed by atoms with van der Waals surface area (Å²) < 4.78 is 36.6. The molecule has 0 amide bonds. The fourth-order valence-electron chi connectivity index (χ4n) is 2.66. The van der Waals surface area contributed by atoms with Gasteiger partial charge in [0.25, 0.3) is 0 Å². The first-order chi connectivity index (χ1) is 13.5. The molecule has 28 heavy (non-hydrogen) atoms. The molecule has 2 aromatic rings. The van der Waals surface area contributed by atoms with Gasteiger partial charge in [-0.15, -0.1) is 0 Å². The van der Waals surface area contributed by atoms with Crippen molar-refractivity contribution in [1.82, 2.24) is 0 Å². The molecule has 0 saturated heterocycles. The molecule has 4 nitrogen and oxygen atoms in total. The average molecular weight is 390 g/mol. The summed E-state index contributed by atoms with van der Waals surface area (Å²) in [6, 6.07) is 8.31. The van der Waals surface area contributed by atoms with E-state index < -0.39 is 23.6 Å². The summed E-state index contributed by atoms with van der Waals surface area (Å²) >= 11 is 0. The molecule has 0 bridgehead atoms. The van der Waals surface area contributed by atoms with E-state index in [1.54, 1.807) is 0 Å². The second-order valence-corrected chi connectivity index (χ2v) is 6.48. The quantitative estimate of drug-likeness (QED) is 0.297. The second-order valence-electron chi connectivity index (χ2n) is 6.48. The highest BCUT2D eigenvalue weighted by Crippen LogP contribution is 2.18. The molecular weight excluding hydrogens is 366 g/mol. The maximum absolute atomic E-state index is 13.2. The van der Waals surface area contributed by atoms with Gasteiger partial charge in [0.2, 0.25) is 0 Å². The summed E-state index contributed by atoms with van der Waals surface area (Å²) in [5.74, 6) is -3.31. The molecule has 2 rings (SSSR count). The van der Waals surface area contributed by atoms with Crippen LogP contribution in [0.15, 0.2) is 42.5 Å². The van der Waals surface area contributed by atoms with Crippen LogP contribution in [-0.4, -0.2) is 18.5 Å². The fraction of sp³-hybridized carbons (Fsp3) is 0.364. The van der Waals surface area contributed by atoms with E-state index in [1.807, 2.05) is 0 Å². The SMILES string of the molecule is CCCCCCCCOC(=O)c1cccc(C(=O)Oc2cc(F)cc(F)c2)c1. The third-order valence-corrected chi connectivity index (χ3v) is 4.11. The largest absolute Gasteiger partial charge is 0.462 e. The number of carbonyl (C=O) groups excluding carboxylic acids is 2. The molecule has 0 radical (unpaired) electrons. The van der Waals surface area contributed by atoms with E-state index in [0.717, 1.165) is 31.4 Å². The van der Waals surface area contributed by atoms with Crippen molar-refractivity contribution < 1.29 is 27.8 Å². The lowest BCUT2D eigenvalue weighted by molar-refractivity contribution is 0.0497. The topological polar surface area (TPSA) is 52.6 Å². The van der Waals surface area contributed by atoms with Crippen LogP contribution in [0.4, 0.5) is 8.78 Å². The summed E-state index contributed by atoms with van der Waals surface area (Å²) in [6.45, 7) is 2.48. The van der Waals surface area contributed by atoms with Crippen molar-refractivity contribution in [3.63, 3.8) is 0 Å². The van der Waals surface area contributed by atoms with E-state index in [4.69, 9.17) is 9.47 Å². The number of ether oxygens (including phenoxy) is 2. The number of hydrogen-bond acceptors (Lipinski definition) is 4. The molecule has 150 valence electrons. The van der Waals surface area contributed by atoms with Gasteiger partial charge >= 0.3 is 11.9 Å². The van der Waals surface area contributed by atoms with Crippen LogP contribution < -0.4 is 4.74 Å². The predicted molar refractivity (Wildman–Crippen MR) is 101 cm³/mol. The van der Waals surface area contributed by atoms with Crippen LogP contribution in [0.1, 0.15) is 66.2 Å². The van der Waals surface area contributed by atoms with Crippen LogP contribution in [0.3, 0.4) is 0 Å². The van der Waals surface area contributed by atoms with Gasteiger partial charge in [-0.05, 0) is 24.6 Å². The van der Waals surface area contributed by atoms with Gasteiger partial charge in [0.1, 0.15) is 17.4 Å². The number of hydrogen-bond donors (Lipinski definition) is 0. The molecule has 0 unspecified atom stereocenters. The minimum atomic E-state index is -0.852. The maximum Gasteiger partial charge on any atom is 0.343 e. The molecule has 0 saturated carbocycles. The van der Waals surface area contributed by atoms with Crippen LogP contribution in [0.5, 0.6) is 5.75 Å². The molecule has 0 fully saturated rings. The molecule has 0 aromatic heterocycles. The number of carbonyl (C=O) groups is 2. The average Bonchev–Trinajstić information content (AvgIpc) is 2.66. The zero-order valence-electron chi connectivity index (χ0n) is 15.9. The number of rotatable bonds is 10. The standard InChI is InChI=1S/C22H24F2O4/c1-2-3-4-5-6-7-11-27-21(25)16-9-8-10-17(12-16)22(26)28-20-14-18(23)13-19(24)15-20/h8-10,12-15H,2-7,11H2,1H3. The van der Waals surface area contributed by atoms with Crippen LogP contribution in [0.2, 0.25) is 0 Å². The van der Waals surface area contributed by atoms with Gasteiger partial charge < -0.3 is 9.47 Å². The fourth-order valence-corrected chi connectivity index (χ4v) is 2.66. The highest BCUT2D eigenvalue weighted by atomic mass is 19.1. The second kappa shape index (κ2) is 11.2. The first-order valence-corrected chi connectivity index (χ1v) is 9.45. The third kappa shape index (κ3) is 7.10. The molecule has 0 aliphatic heterocycles. The van der Waals surface area contributed by atoms with E-state index in [0.29, 0.717) is 12.7 Å². The van der Waals surface area contributed by atoms with Gasteiger partial charge in [0.05, 0.1) is 17.7 Å². The van der Waals surface area contributed by atoms with Gasteiger partial charge in [-0.25, -0.2) is 18.4 Å². The molecule has 2 aromatic carbocycles. The van der Waals surface area contributed by atoms with E-state index in [-0.39, 0.29) is 16.9 Å². The first-order valence-electron chi connectivity index (χ1n) is 9.45. The van der Waals surface area contributed by atoms with Crippen LogP contribution in [0.25, 0.3) is 0 Å². The van der Waals surface area contributed by atoms with Gasteiger partial charge in [0, 0.05) is 18.2 Å². The Kier molecular flexibility index (Phi) is 8.59. The first kappa shape index (κ1) is 21.5. The maximum atomic E-state index is 13.2. The summed E-state index contributed by atoms with van der Waals surface area (Å²) in [7, 11) is 0. The summed E-state index contributed by atoms with van der Waals surface area (Å²) in [5, 5.41) is 0. The Bertz CT molecular complexity index is 785. The lowest BCUT2D eigenvalue weighted by Gasteiger charge is -2.07. The third-order valence-electron chi connectivity index (χ3n) is 4.11. The van der Waals surface area contributed by atoms with Crippen LogP contribution in [0, 0.1) is 11.6 Å². The highest BCUT2D eigenvalue weighted by molar-refractivity contribution is 5.96. The van der Waals surface area contributed by atoms with E-state index in [1.165, 1.54) is 43.5 Å². The molecule has 0 atom stereocenters. The molecule has 0 aliphatic rings. The lowest BCUT2D eigenvalue weighted by atomic mass is 10.1. The van der Waals surface area contributed by atoms with Crippen molar-refractivity contribution in [1.29, 1.82) is 0 Å². The normalized spacial score (nSPS) is 10.5. The van der Waals surface area contributed by atoms with E-state index in [2.05, 4.69) is 6.92 Å².